The number of ketones is 1. The Morgan fingerprint density at radius 3 is 2.50 bits per heavy atom. The molecule has 0 N–H and O–H groups in total. The molecular weight excluding hydrogens is 230 g/mol. The molecule has 1 rings (SSSR count). The van der Waals surface area contributed by atoms with E-state index in [1.165, 1.54) is 5.56 Å². The first-order chi connectivity index (χ1) is 8.65. The van der Waals surface area contributed by atoms with Gasteiger partial charge in [0.25, 0.3) is 6.04 Å². The Labute approximate surface area is 107 Å². The Hall–Kier alpha value is -1.71. The van der Waals surface area contributed by atoms with Crippen LogP contribution in [0.3, 0.4) is 0 Å². The SMILES string of the molecule is CCC(=O)C(CCCCc1ccccc1)[N+](=O)[O-]. The second kappa shape index (κ2) is 7.58. The van der Waals surface area contributed by atoms with Crippen LogP contribution in [0.4, 0.5) is 0 Å². The Morgan fingerprint density at radius 1 is 1.28 bits per heavy atom. The van der Waals surface area contributed by atoms with E-state index in [2.05, 4.69) is 0 Å². The van der Waals surface area contributed by atoms with Crippen LogP contribution in [0.15, 0.2) is 30.3 Å². The molecule has 98 valence electrons. The van der Waals surface area contributed by atoms with Gasteiger partial charge in [-0.2, -0.15) is 0 Å². The van der Waals surface area contributed by atoms with Crippen LogP contribution in [0.1, 0.15) is 38.2 Å². The van der Waals surface area contributed by atoms with Crippen molar-refractivity contribution in [2.24, 2.45) is 0 Å². The number of hydrogen-bond donors (Lipinski definition) is 0. The summed E-state index contributed by atoms with van der Waals surface area (Å²) in [6, 6.07) is 9.01. The maximum absolute atomic E-state index is 11.4. The number of aryl methyl sites for hydroxylation is 1. The monoisotopic (exact) mass is 249 g/mol. The van der Waals surface area contributed by atoms with Gasteiger partial charge in [-0.1, -0.05) is 37.3 Å². The van der Waals surface area contributed by atoms with E-state index in [0.717, 1.165) is 12.8 Å². The van der Waals surface area contributed by atoms with Crippen molar-refractivity contribution in [2.45, 2.75) is 45.1 Å². The molecule has 0 aromatic heterocycles. The van der Waals surface area contributed by atoms with Crippen LogP contribution in [-0.2, 0) is 11.2 Å². The third kappa shape index (κ3) is 4.65. The van der Waals surface area contributed by atoms with Gasteiger partial charge in [0.15, 0.2) is 0 Å². The second-order valence-corrected chi connectivity index (χ2v) is 4.35. The number of nitrogens with zero attached hydrogens (tertiary/aromatic N) is 1. The first-order valence-corrected chi connectivity index (χ1v) is 6.35. The highest BCUT2D eigenvalue weighted by Crippen LogP contribution is 2.11. The maximum atomic E-state index is 11.4. The van der Waals surface area contributed by atoms with Crippen molar-refractivity contribution in [3.05, 3.63) is 46.0 Å². The smallest absolute Gasteiger partial charge is 0.270 e. The fraction of sp³-hybridized carbons (Fsp3) is 0.500. The lowest BCUT2D eigenvalue weighted by molar-refractivity contribution is -0.508. The molecule has 0 aliphatic rings. The minimum atomic E-state index is -1.01. The highest BCUT2D eigenvalue weighted by Gasteiger charge is 2.26. The van der Waals surface area contributed by atoms with Crippen LogP contribution in [0.2, 0.25) is 0 Å². The van der Waals surface area contributed by atoms with Crippen molar-refractivity contribution in [3.63, 3.8) is 0 Å². The molecule has 0 heterocycles. The average molecular weight is 249 g/mol. The van der Waals surface area contributed by atoms with Gasteiger partial charge >= 0.3 is 0 Å². The summed E-state index contributed by atoms with van der Waals surface area (Å²) in [6.07, 6.45) is 3.10. The quantitative estimate of drug-likeness (QED) is 0.404. The number of carbonyl (C=O) groups excluding carboxylic acids is 1. The van der Waals surface area contributed by atoms with Gasteiger partial charge in [0.05, 0.1) is 0 Å². The molecule has 18 heavy (non-hydrogen) atoms. The van der Waals surface area contributed by atoms with Crippen LogP contribution in [0, 0.1) is 10.1 Å². The van der Waals surface area contributed by atoms with E-state index in [0.29, 0.717) is 12.8 Å². The summed E-state index contributed by atoms with van der Waals surface area (Å²) in [5.41, 5.74) is 1.23. The maximum Gasteiger partial charge on any atom is 0.270 e. The van der Waals surface area contributed by atoms with Gasteiger partial charge in [0, 0.05) is 17.8 Å². The number of benzene rings is 1. The van der Waals surface area contributed by atoms with Gasteiger partial charge in [-0.3, -0.25) is 14.9 Å². The molecule has 0 aliphatic carbocycles. The molecule has 0 amide bonds. The summed E-state index contributed by atoms with van der Waals surface area (Å²) < 4.78 is 0. The molecular formula is C14H19NO3. The summed E-state index contributed by atoms with van der Waals surface area (Å²) in [7, 11) is 0. The molecule has 0 bridgehead atoms. The summed E-state index contributed by atoms with van der Waals surface area (Å²) in [5, 5.41) is 10.7. The van der Waals surface area contributed by atoms with E-state index in [1.807, 2.05) is 30.3 Å². The van der Waals surface area contributed by atoms with Crippen molar-refractivity contribution < 1.29 is 9.72 Å². The van der Waals surface area contributed by atoms with E-state index in [-0.39, 0.29) is 12.2 Å². The molecule has 1 aromatic carbocycles. The van der Waals surface area contributed by atoms with Crippen molar-refractivity contribution in [3.8, 4) is 0 Å². The van der Waals surface area contributed by atoms with E-state index in [9.17, 15) is 14.9 Å². The summed E-state index contributed by atoms with van der Waals surface area (Å²) in [4.78, 5) is 21.7. The summed E-state index contributed by atoms with van der Waals surface area (Å²) in [6.45, 7) is 1.67. The minimum absolute atomic E-state index is 0.240. The van der Waals surface area contributed by atoms with Gasteiger partial charge in [-0.25, -0.2) is 0 Å². The molecule has 1 unspecified atom stereocenters. The lowest BCUT2D eigenvalue weighted by atomic mass is 10.0. The fourth-order valence-corrected chi connectivity index (χ4v) is 1.93. The van der Waals surface area contributed by atoms with Crippen molar-refractivity contribution >= 4 is 5.78 Å². The first-order valence-electron chi connectivity index (χ1n) is 6.35. The highest BCUT2D eigenvalue weighted by atomic mass is 16.6. The molecule has 0 fully saturated rings. The molecule has 1 aromatic rings. The van der Waals surface area contributed by atoms with Crippen LogP contribution in [0.5, 0.6) is 0 Å². The van der Waals surface area contributed by atoms with Crippen LogP contribution in [-0.4, -0.2) is 16.7 Å². The number of rotatable bonds is 8. The highest BCUT2D eigenvalue weighted by molar-refractivity contribution is 5.82. The molecule has 0 spiro atoms. The zero-order valence-electron chi connectivity index (χ0n) is 10.7. The van der Waals surface area contributed by atoms with Crippen LogP contribution < -0.4 is 0 Å². The predicted molar refractivity (Wildman–Crippen MR) is 70.1 cm³/mol. The first kappa shape index (κ1) is 14.4. The van der Waals surface area contributed by atoms with Crippen molar-refractivity contribution in [1.82, 2.24) is 0 Å². The Kier molecular flexibility index (Phi) is 6.05. The summed E-state index contributed by atoms with van der Waals surface area (Å²) >= 11 is 0. The third-order valence-corrected chi connectivity index (χ3v) is 3.01. The molecule has 0 saturated carbocycles. The van der Waals surface area contributed by atoms with E-state index in [1.54, 1.807) is 6.92 Å². The third-order valence-electron chi connectivity index (χ3n) is 3.01. The molecule has 4 heteroatoms. The van der Waals surface area contributed by atoms with Gasteiger partial charge in [-0.05, 0) is 24.8 Å². The number of nitro groups is 1. The number of carbonyl (C=O) groups is 1. The van der Waals surface area contributed by atoms with Gasteiger partial charge in [0.1, 0.15) is 0 Å². The van der Waals surface area contributed by atoms with Crippen LogP contribution in [0.25, 0.3) is 0 Å². The van der Waals surface area contributed by atoms with Crippen molar-refractivity contribution in [2.75, 3.05) is 0 Å². The number of unbranched alkanes of at least 4 members (excludes halogenated alkanes) is 1. The van der Waals surface area contributed by atoms with E-state index in [4.69, 9.17) is 0 Å². The van der Waals surface area contributed by atoms with Gasteiger partial charge in [0.2, 0.25) is 5.78 Å². The van der Waals surface area contributed by atoms with Crippen molar-refractivity contribution in [1.29, 1.82) is 0 Å². The van der Waals surface area contributed by atoms with Gasteiger partial charge < -0.3 is 0 Å². The largest absolute Gasteiger partial charge is 0.292 e. The lowest BCUT2D eigenvalue weighted by Crippen LogP contribution is -2.28. The lowest BCUT2D eigenvalue weighted by Gasteiger charge is -2.07. The molecule has 0 aliphatic heterocycles. The normalized spacial score (nSPS) is 12.1. The molecule has 4 nitrogen and oxygen atoms in total. The molecule has 1 atom stereocenters. The zero-order chi connectivity index (χ0) is 13.4. The molecule has 0 radical (unpaired) electrons. The summed E-state index contributed by atoms with van der Waals surface area (Å²) in [5.74, 6) is -0.264. The average Bonchev–Trinajstić information content (AvgIpc) is 2.38. The van der Waals surface area contributed by atoms with E-state index < -0.39 is 11.0 Å². The van der Waals surface area contributed by atoms with Gasteiger partial charge in [-0.15, -0.1) is 0 Å². The van der Waals surface area contributed by atoms with Crippen LogP contribution >= 0.6 is 0 Å². The standard InChI is InChI=1S/C14H19NO3/c1-2-14(16)13(15(17)18)11-7-6-10-12-8-4-3-5-9-12/h3-5,8-9,13H,2,6-7,10-11H2,1H3. The number of Topliss-reactive ketones (excluding diaryl/α,β-unsaturated/α-hetero) is 1. The predicted octanol–water partition coefficient (Wildman–Crippen LogP) is 3.02. The Bertz CT molecular complexity index is 389. The zero-order valence-corrected chi connectivity index (χ0v) is 10.7. The Morgan fingerprint density at radius 2 is 1.94 bits per heavy atom. The number of hydrogen-bond acceptors (Lipinski definition) is 3. The minimum Gasteiger partial charge on any atom is -0.292 e. The Balaban J connectivity index is 2.31. The topological polar surface area (TPSA) is 60.2 Å². The fourth-order valence-electron chi connectivity index (χ4n) is 1.93. The van der Waals surface area contributed by atoms with E-state index >= 15 is 0 Å². The second-order valence-electron chi connectivity index (χ2n) is 4.35. The molecule has 0 saturated heterocycles.